The van der Waals surface area contributed by atoms with Crippen LogP contribution in [0.15, 0.2) is 48.9 Å². The summed E-state index contributed by atoms with van der Waals surface area (Å²) < 4.78 is 11.1. The van der Waals surface area contributed by atoms with Crippen LogP contribution in [0.25, 0.3) is 11.3 Å². The summed E-state index contributed by atoms with van der Waals surface area (Å²) in [5.74, 6) is 1.27. The molecule has 2 aromatic heterocycles. The van der Waals surface area contributed by atoms with Gasteiger partial charge in [0.05, 0.1) is 24.5 Å². The number of esters is 1. The monoisotopic (exact) mass is 432 g/mol. The zero-order valence-electron chi connectivity index (χ0n) is 18.7. The van der Waals surface area contributed by atoms with E-state index in [4.69, 9.17) is 9.47 Å². The minimum absolute atomic E-state index is 0.135. The summed E-state index contributed by atoms with van der Waals surface area (Å²) in [6.45, 7) is 4.74. The van der Waals surface area contributed by atoms with Gasteiger partial charge in [-0.3, -0.25) is 4.98 Å². The van der Waals surface area contributed by atoms with Crippen LogP contribution in [0.3, 0.4) is 0 Å². The molecule has 32 heavy (non-hydrogen) atoms. The van der Waals surface area contributed by atoms with Crippen LogP contribution >= 0.6 is 0 Å². The molecule has 1 atom stereocenters. The molecule has 1 aromatic carbocycles. The van der Waals surface area contributed by atoms with Crippen molar-refractivity contribution >= 4 is 11.8 Å². The van der Waals surface area contributed by atoms with E-state index in [0.717, 1.165) is 46.9 Å². The van der Waals surface area contributed by atoms with Gasteiger partial charge < -0.3 is 14.8 Å². The molecule has 2 heterocycles. The summed E-state index contributed by atoms with van der Waals surface area (Å²) in [5, 5.41) is 3.40. The Balaban J connectivity index is 1.48. The van der Waals surface area contributed by atoms with Gasteiger partial charge in [-0.1, -0.05) is 13.0 Å². The highest BCUT2D eigenvalue weighted by atomic mass is 16.5. The van der Waals surface area contributed by atoms with Gasteiger partial charge in [0.15, 0.2) is 0 Å². The number of ether oxygens (including phenoxy) is 2. The van der Waals surface area contributed by atoms with E-state index in [0.29, 0.717) is 12.1 Å². The van der Waals surface area contributed by atoms with Crippen molar-refractivity contribution in [3.8, 4) is 17.0 Å². The molecule has 1 unspecified atom stereocenters. The summed E-state index contributed by atoms with van der Waals surface area (Å²) in [4.78, 5) is 25.0. The predicted molar refractivity (Wildman–Crippen MR) is 123 cm³/mol. The van der Waals surface area contributed by atoms with Gasteiger partial charge in [-0.15, -0.1) is 0 Å². The minimum atomic E-state index is -0.361. The molecule has 7 heteroatoms. The van der Waals surface area contributed by atoms with Crippen LogP contribution in [0.1, 0.15) is 53.7 Å². The third kappa shape index (κ3) is 5.04. The van der Waals surface area contributed by atoms with Crippen molar-refractivity contribution in [2.24, 2.45) is 0 Å². The number of aryl methyl sites for hydroxylation is 1. The SMILES string of the molecule is COC(=O)c1ccc(C(C)CNc2cc(-c3ccc(C)nc3)ncn2)c(OC2CCC2)c1. The number of benzene rings is 1. The lowest BCUT2D eigenvalue weighted by Crippen LogP contribution is -2.25. The molecule has 0 saturated heterocycles. The van der Waals surface area contributed by atoms with Crippen LogP contribution in [0, 0.1) is 6.92 Å². The van der Waals surface area contributed by atoms with Gasteiger partial charge >= 0.3 is 5.97 Å². The van der Waals surface area contributed by atoms with Crippen LogP contribution in [0.2, 0.25) is 0 Å². The maximum atomic E-state index is 12.0. The van der Waals surface area contributed by atoms with Crippen molar-refractivity contribution in [3.05, 3.63) is 65.7 Å². The molecular formula is C25H28N4O3. The lowest BCUT2D eigenvalue weighted by Gasteiger charge is -2.29. The van der Waals surface area contributed by atoms with Crippen molar-refractivity contribution in [3.63, 3.8) is 0 Å². The average molecular weight is 433 g/mol. The fraction of sp³-hybridized carbons (Fsp3) is 0.360. The van der Waals surface area contributed by atoms with Crippen molar-refractivity contribution in [1.29, 1.82) is 0 Å². The Bertz CT molecular complexity index is 1080. The second-order valence-corrected chi connectivity index (χ2v) is 8.17. The number of anilines is 1. The van der Waals surface area contributed by atoms with E-state index in [9.17, 15) is 4.79 Å². The van der Waals surface area contributed by atoms with E-state index in [2.05, 4.69) is 27.2 Å². The predicted octanol–water partition coefficient (Wildman–Crippen LogP) is 4.78. The number of hydrogen-bond donors (Lipinski definition) is 1. The maximum absolute atomic E-state index is 12.0. The third-order valence-corrected chi connectivity index (χ3v) is 5.77. The summed E-state index contributed by atoms with van der Waals surface area (Å²) >= 11 is 0. The van der Waals surface area contributed by atoms with Gasteiger partial charge in [0.25, 0.3) is 0 Å². The van der Waals surface area contributed by atoms with Crippen molar-refractivity contribution in [2.45, 2.75) is 45.1 Å². The summed E-state index contributed by atoms with van der Waals surface area (Å²) in [5.41, 5.74) is 4.28. The maximum Gasteiger partial charge on any atom is 0.337 e. The van der Waals surface area contributed by atoms with E-state index in [-0.39, 0.29) is 18.0 Å². The van der Waals surface area contributed by atoms with Gasteiger partial charge in [-0.2, -0.15) is 0 Å². The Kier molecular flexibility index (Phi) is 6.63. The summed E-state index contributed by atoms with van der Waals surface area (Å²) in [7, 11) is 1.39. The third-order valence-electron chi connectivity index (χ3n) is 5.77. The quantitative estimate of drug-likeness (QED) is 0.513. The lowest BCUT2D eigenvalue weighted by atomic mass is 9.94. The Morgan fingerprint density at radius 1 is 1.16 bits per heavy atom. The molecule has 1 N–H and O–H groups in total. The highest BCUT2D eigenvalue weighted by Gasteiger charge is 2.23. The fourth-order valence-corrected chi connectivity index (χ4v) is 3.56. The molecule has 0 radical (unpaired) electrons. The Morgan fingerprint density at radius 2 is 2.00 bits per heavy atom. The standard InChI is InChI=1S/C25H28N4O3/c1-16(13-27-24-12-22(28-15-29-24)19-8-7-17(2)26-14-19)21-10-9-18(25(30)31-3)11-23(21)32-20-5-4-6-20/h7-12,14-16,20H,4-6,13H2,1-3H3,(H,27,28,29). The number of rotatable bonds is 8. The first-order chi connectivity index (χ1) is 15.5. The molecule has 0 amide bonds. The second kappa shape index (κ2) is 9.77. The van der Waals surface area contributed by atoms with Gasteiger partial charge in [-0.25, -0.2) is 14.8 Å². The molecule has 7 nitrogen and oxygen atoms in total. The number of methoxy groups -OCH3 is 1. The molecule has 166 valence electrons. The van der Waals surface area contributed by atoms with Crippen LogP contribution in [-0.2, 0) is 4.74 Å². The highest BCUT2D eigenvalue weighted by Crippen LogP contribution is 2.33. The number of carbonyl (C=O) groups is 1. The summed E-state index contributed by atoms with van der Waals surface area (Å²) in [6.07, 6.45) is 6.86. The number of carbonyl (C=O) groups excluding carboxylic acids is 1. The zero-order valence-corrected chi connectivity index (χ0v) is 18.7. The zero-order chi connectivity index (χ0) is 22.5. The molecule has 1 aliphatic rings. The van der Waals surface area contributed by atoms with Crippen LogP contribution < -0.4 is 10.1 Å². The smallest absolute Gasteiger partial charge is 0.337 e. The van der Waals surface area contributed by atoms with Crippen molar-refractivity contribution < 1.29 is 14.3 Å². The lowest BCUT2D eigenvalue weighted by molar-refractivity contribution is 0.0599. The van der Waals surface area contributed by atoms with Gasteiger partial charge in [0.1, 0.15) is 17.9 Å². The van der Waals surface area contributed by atoms with Crippen LogP contribution in [0.5, 0.6) is 5.75 Å². The first-order valence-corrected chi connectivity index (χ1v) is 10.9. The van der Waals surface area contributed by atoms with Gasteiger partial charge in [-0.05, 0) is 56.0 Å². The number of hydrogen-bond acceptors (Lipinski definition) is 7. The van der Waals surface area contributed by atoms with Crippen LogP contribution in [0.4, 0.5) is 5.82 Å². The highest BCUT2D eigenvalue weighted by molar-refractivity contribution is 5.90. The topological polar surface area (TPSA) is 86.2 Å². The molecule has 1 aliphatic carbocycles. The normalized spacial score (nSPS) is 14.3. The van der Waals surface area contributed by atoms with Crippen molar-refractivity contribution in [1.82, 2.24) is 15.0 Å². The average Bonchev–Trinajstić information content (AvgIpc) is 2.80. The molecule has 4 rings (SSSR count). The molecule has 0 spiro atoms. The fourth-order valence-electron chi connectivity index (χ4n) is 3.56. The molecule has 3 aromatic rings. The second-order valence-electron chi connectivity index (χ2n) is 8.17. The Labute approximate surface area is 188 Å². The molecule has 1 saturated carbocycles. The van der Waals surface area contributed by atoms with Crippen molar-refractivity contribution in [2.75, 3.05) is 19.0 Å². The van der Waals surface area contributed by atoms with Gasteiger partial charge in [0.2, 0.25) is 0 Å². The van der Waals surface area contributed by atoms with E-state index in [1.165, 1.54) is 13.5 Å². The Hall–Kier alpha value is -3.48. The van der Waals surface area contributed by atoms with Gasteiger partial charge in [0, 0.05) is 36.0 Å². The van der Waals surface area contributed by atoms with Crippen LogP contribution in [-0.4, -0.2) is 40.7 Å². The molecule has 0 bridgehead atoms. The van der Waals surface area contributed by atoms with E-state index < -0.39 is 0 Å². The first-order valence-electron chi connectivity index (χ1n) is 10.9. The molecule has 0 aliphatic heterocycles. The first kappa shape index (κ1) is 21.7. The molecular weight excluding hydrogens is 404 g/mol. The number of pyridine rings is 1. The number of nitrogens with one attached hydrogen (secondary N) is 1. The Morgan fingerprint density at radius 3 is 2.69 bits per heavy atom. The minimum Gasteiger partial charge on any atom is -0.490 e. The van der Waals surface area contributed by atoms with E-state index in [1.807, 2.05) is 37.4 Å². The van der Waals surface area contributed by atoms with E-state index in [1.54, 1.807) is 18.5 Å². The van der Waals surface area contributed by atoms with E-state index >= 15 is 0 Å². The largest absolute Gasteiger partial charge is 0.490 e. The number of aromatic nitrogens is 3. The number of nitrogens with zero attached hydrogens (tertiary/aromatic N) is 3. The molecule has 1 fully saturated rings. The summed E-state index contributed by atoms with van der Waals surface area (Å²) in [6, 6.07) is 11.4.